The fourth-order valence-corrected chi connectivity index (χ4v) is 1.61. The second-order valence-electron chi connectivity index (χ2n) is 4.41. The average Bonchev–Trinajstić information content (AvgIpc) is 2.24. The molecule has 0 aliphatic heterocycles. The molecule has 0 heterocycles. The first kappa shape index (κ1) is 14.9. The summed E-state index contributed by atoms with van der Waals surface area (Å²) in [5.74, 6) is 0. The maximum atomic E-state index is 9.43. The second-order valence-corrected chi connectivity index (χ2v) is 4.41. The van der Waals surface area contributed by atoms with Gasteiger partial charge >= 0.3 is 0 Å². The van der Waals surface area contributed by atoms with Crippen LogP contribution in [0.5, 0.6) is 0 Å². The van der Waals surface area contributed by atoms with Crippen LogP contribution in [0.4, 0.5) is 0 Å². The molecule has 0 spiro atoms. The van der Waals surface area contributed by atoms with Crippen LogP contribution in [0.3, 0.4) is 0 Å². The molecule has 3 heteroatoms. The molecule has 0 fully saturated rings. The molecular weight excluding hydrogens is 190 g/mol. The van der Waals surface area contributed by atoms with Gasteiger partial charge in [0, 0.05) is 6.54 Å². The smallest absolute Gasteiger partial charge is 0.0811 e. The van der Waals surface area contributed by atoms with Crippen LogP contribution in [0.1, 0.15) is 53.4 Å². The Kier molecular flexibility index (Phi) is 7.14. The van der Waals surface area contributed by atoms with Crippen molar-refractivity contribution < 1.29 is 9.84 Å². The molecule has 0 radical (unpaired) electrons. The molecule has 0 aliphatic carbocycles. The lowest BCUT2D eigenvalue weighted by atomic mass is 9.93. The van der Waals surface area contributed by atoms with Crippen molar-refractivity contribution in [3.63, 3.8) is 0 Å². The van der Waals surface area contributed by atoms with E-state index in [2.05, 4.69) is 13.8 Å². The summed E-state index contributed by atoms with van der Waals surface area (Å²) < 4.78 is 5.92. The first-order valence-corrected chi connectivity index (χ1v) is 6.07. The molecule has 3 atom stereocenters. The third kappa shape index (κ3) is 4.96. The maximum absolute atomic E-state index is 9.43. The Morgan fingerprint density at radius 2 is 1.93 bits per heavy atom. The normalized spacial score (nSPS) is 19.6. The van der Waals surface area contributed by atoms with Crippen molar-refractivity contribution in [1.29, 1.82) is 0 Å². The Hall–Kier alpha value is -0.120. The Bertz CT molecular complexity index is 156. The van der Waals surface area contributed by atoms with Crippen LogP contribution in [0.25, 0.3) is 0 Å². The van der Waals surface area contributed by atoms with Crippen LogP contribution in [0.15, 0.2) is 0 Å². The van der Waals surface area contributed by atoms with Gasteiger partial charge in [0.1, 0.15) is 0 Å². The number of unbranched alkanes of at least 4 members (excludes halogenated alkanes) is 1. The van der Waals surface area contributed by atoms with E-state index in [-0.39, 0.29) is 11.7 Å². The van der Waals surface area contributed by atoms with Crippen molar-refractivity contribution in [3.8, 4) is 0 Å². The summed E-state index contributed by atoms with van der Waals surface area (Å²) in [6.07, 6.45) is 3.56. The zero-order chi connectivity index (χ0) is 11.9. The Balaban J connectivity index is 4.34. The Morgan fingerprint density at radius 3 is 2.27 bits per heavy atom. The number of aliphatic hydroxyl groups is 1. The van der Waals surface area contributed by atoms with Crippen molar-refractivity contribution >= 4 is 0 Å². The summed E-state index contributed by atoms with van der Waals surface area (Å²) in [5, 5.41) is 9.43. The summed E-state index contributed by atoms with van der Waals surface area (Å²) in [5.41, 5.74) is 5.56. The highest BCUT2D eigenvalue weighted by molar-refractivity contribution is 4.82. The molecule has 3 N–H and O–H groups in total. The van der Waals surface area contributed by atoms with Gasteiger partial charge in [0.15, 0.2) is 0 Å². The van der Waals surface area contributed by atoms with Gasteiger partial charge in [0.2, 0.25) is 0 Å². The van der Waals surface area contributed by atoms with Crippen LogP contribution >= 0.6 is 0 Å². The highest BCUT2D eigenvalue weighted by atomic mass is 16.5. The molecular formula is C12H27NO2. The Labute approximate surface area is 94.0 Å². The van der Waals surface area contributed by atoms with Crippen molar-refractivity contribution in [2.45, 2.75) is 71.2 Å². The van der Waals surface area contributed by atoms with Gasteiger partial charge < -0.3 is 15.6 Å². The summed E-state index contributed by atoms with van der Waals surface area (Å²) >= 11 is 0. The van der Waals surface area contributed by atoms with Crippen molar-refractivity contribution in [3.05, 3.63) is 0 Å². The zero-order valence-electron chi connectivity index (χ0n) is 10.6. The van der Waals surface area contributed by atoms with Crippen molar-refractivity contribution in [2.24, 2.45) is 5.73 Å². The average molecular weight is 217 g/mol. The van der Waals surface area contributed by atoms with Gasteiger partial charge in [-0.2, -0.15) is 0 Å². The second kappa shape index (κ2) is 7.20. The van der Waals surface area contributed by atoms with Gasteiger partial charge in [-0.3, -0.25) is 0 Å². The monoisotopic (exact) mass is 217 g/mol. The third-order valence-electron chi connectivity index (χ3n) is 3.12. The minimum absolute atomic E-state index is 0.148. The third-order valence-corrected chi connectivity index (χ3v) is 3.12. The molecule has 0 amide bonds. The maximum Gasteiger partial charge on any atom is 0.0811 e. The van der Waals surface area contributed by atoms with E-state index >= 15 is 0 Å². The number of hydrogen-bond acceptors (Lipinski definition) is 3. The quantitative estimate of drug-likeness (QED) is 0.654. The van der Waals surface area contributed by atoms with Crippen molar-refractivity contribution in [2.75, 3.05) is 6.54 Å². The molecule has 0 aromatic rings. The number of aliphatic hydroxyl groups excluding tert-OH is 1. The molecule has 0 saturated carbocycles. The molecule has 15 heavy (non-hydrogen) atoms. The molecule has 3 nitrogen and oxygen atoms in total. The first-order valence-electron chi connectivity index (χ1n) is 6.07. The number of nitrogens with two attached hydrogens (primary N) is 1. The summed E-state index contributed by atoms with van der Waals surface area (Å²) in [6.45, 7) is 8.44. The minimum Gasteiger partial charge on any atom is -0.391 e. The van der Waals surface area contributed by atoms with Gasteiger partial charge in [0.05, 0.1) is 17.8 Å². The molecule has 0 saturated heterocycles. The van der Waals surface area contributed by atoms with Gasteiger partial charge in [-0.05, 0) is 26.7 Å². The highest BCUT2D eigenvalue weighted by Gasteiger charge is 2.30. The number of ether oxygens (including phenoxy) is 1. The lowest BCUT2D eigenvalue weighted by molar-refractivity contribution is -0.125. The topological polar surface area (TPSA) is 55.5 Å². The minimum atomic E-state index is -0.441. The SMILES string of the molecule is CCCCC(CC)(CN)OC(C)C(C)O. The van der Waals surface area contributed by atoms with E-state index in [1.165, 1.54) is 0 Å². The zero-order valence-corrected chi connectivity index (χ0v) is 10.6. The van der Waals surface area contributed by atoms with Gasteiger partial charge in [-0.1, -0.05) is 26.7 Å². The summed E-state index contributed by atoms with van der Waals surface area (Å²) in [6, 6.07) is 0. The predicted octanol–water partition coefficient (Wildman–Crippen LogP) is 2.07. The molecule has 0 aromatic carbocycles. The van der Waals surface area contributed by atoms with E-state index in [1.54, 1.807) is 6.92 Å². The fourth-order valence-electron chi connectivity index (χ4n) is 1.61. The van der Waals surface area contributed by atoms with Crippen LogP contribution in [-0.2, 0) is 4.74 Å². The van der Waals surface area contributed by atoms with E-state index < -0.39 is 6.10 Å². The summed E-state index contributed by atoms with van der Waals surface area (Å²) in [7, 11) is 0. The summed E-state index contributed by atoms with van der Waals surface area (Å²) in [4.78, 5) is 0. The number of rotatable bonds is 8. The predicted molar refractivity (Wildman–Crippen MR) is 63.8 cm³/mol. The van der Waals surface area contributed by atoms with Crippen LogP contribution in [0.2, 0.25) is 0 Å². The fraction of sp³-hybridized carbons (Fsp3) is 1.00. The largest absolute Gasteiger partial charge is 0.391 e. The number of hydrogen-bond donors (Lipinski definition) is 2. The molecule has 92 valence electrons. The van der Waals surface area contributed by atoms with Crippen LogP contribution < -0.4 is 5.73 Å². The van der Waals surface area contributed by atoms with Crippen molar-refractivity contribution in [1.82, 2.24) is 0 Å². The molecule has 3 unspecified atom stereocenters. The standard InChI is InChI=1S/C12H27NO2/c1-5-7-8-12(6-2,9-13)15-11(4)10(3)14/h10-11,14H,5-9,13H2,1-4H3. The van der Waals surface area contributed by atoms with E-state index in [4.69, 9.17) is 10.5 Å². The van der Waals surface area contributed by atoms with Gasteiger partial charge in [0.25, 0.3) is 0 Å². The molecule has 0 aromatic heterocycles. The lowest BCUT2D eigenvalue weighted by Gasteiger charge is -2.35. The van der Waals surface area contributed by atoms with Crippen LogP contribution in [-0.4, -0.2) is 29.5 Å². The lowest BCUT2D eigenvalue weighted by Crippen LogP contribution is -2.44. The van der Waals surface area contributed by atoms with E-state index in [1.807, 2.05) is 6.92 Å². The van der Waals surface area contributed by atoms with E-state index in [0.717, 1.165) is 25.7 Å². The van der Waals surface area contributed by atoms with Gasteiger partial charge in [-0.15, -0.1) is 0 Å². The Morgan fingerprint density at radius 1 is 1.33 bits per heavy atom. The molecule has 0 rings (SSSR count). The van der Waals surface area contributed by atoms with E-state index in [0.29, 0.717) is 6.54 Å². The molecule has 0 bridgehead atoms. The highest BCUT2D eigenvalue weighted by Crippen LogP contribution is 2.24. The van der Waals surface area contributed by atoms with Gasteiger partial charge in [-0.25, -0.2) is 0 Å². The first-order chi connectivity index (χ1) is 7.01. The van der Waals surface area contributed by atoms with Crippen LogP contribution in [0, 0.1) is 0 Å². The molecule has 0 aliphatic rings. The van der Waals surface area contributed by atoms with E-state index in [9.17, 15) is 5.11 Å².